The molecule has 0 spiro atoms. The van der Waals surface area contributed by atoms with Crippen LogP contribution in [0.1, 0.15) is 89.9 Å². The number of fused-ring (bicyclic) bond motifs is 1. The van der Waals surface area contributed by atoms with Crippen molar-refractivity contribution in [3.8, 4) is 0 Å². The highest BCUT2D eigenvalue weighted by molar-refractivity contribution is 5.80. The van der Waals surface area contributed by atoms with Crippen molar-refractivity contribution in [2.24, 2.45) is 17.8 Å². The Kier molecular flexibility index (Phi) is 6.74. The molecule has 0 radical (unpaired) electrons. The highest BCUT2D eigenvalue weighted by Crippen LogP contribution is 2.36. The molecule has 136 valence electrons. The lowest BCUT2D eigenvalue weighted by Crippen LogP contribution is -2.44. The molecule has 0 N–H and O–H groups in total. The minimum atomic E-state index is 0.296. The molecule has 1 aliphatic heterocycles. The molecule has 3 aliphatic rings. The Morgan fingerprint density at radius 2 is 1.50 bits per heavy atom. The summed E-state index contributed by atoms with van der Waals surface area (Å²) >= 11 is 0. The molecule has 24 heavy (non-hydrogen) atoms. The zero-order valence-corrected chi connectivity index (χ0v) is 15.3. The zero-order chi connectivity index (χ0) is 16.8. The predicted molar refractivity (Wildman–Crippen MR) is 96.7 cm³/mol. The summed E-state index contributed by atoms with van der Waals surface area (Å²) in [7, 11) is 0. The van der Waals surface area contributed by atoms with Gasteiger partial charge in [-0.15, -0.1) is 0 Å². The Morgan fingerprint density at radius 3 is 2.29 bits per heavy atom. The van der Waals surface area contributed by atoms with Crippen LogP contribution in [-0.4, -0.2) is 29.7 Å². The second kappa shape index (κ2) is 9.01. The van der Waals surface area contributed by atoms with Crippen molar-refractivity contribution in [3.05, 3.63) is 0 Å². The quantitative estimate of drug-likeness (QED) is 0.704. The van der Waals surface area contributed by atoms with Gasteiger partial charge in [0.25, 0.3) is 0 Å². The van der Waals surface area contributed by atoms with E-state index in [4.69, 9.17) is 0 Å². The topological polar surface area (TPSA) is 37.4 Å². The number of Topliss-reactive ketones (excluding diaryl/α,β-unsaturated/α-hetero) is 1. The molecular weight excluding hydrogens is 298 g/mol. The van der Waals surface area contributed by atoms with Crippen LogP contribution in [0.25, 0.3) is 0 Å². The molecule has 2 unspecified atom stereocenters. The SMILES string of the molecule is O=C(CCCC(=O)N1CCC2CCCCC2C1)CC1CCCCC1. The van der Waals surface area contributed by atoms with Crippen molar-refractivity contribution in [2.75, 3.05) is 13.1 Å². The number of carbonyl (C=O) groups is 2. The van der Waals surface area contributed by atoms with Gasteiger partial charge in [0, 0.05) is 32.4 Å². The Balaban J connectivity index is 1.32. The first-order valence-corrected chi connectivity index (χ1v) is 10.5. The van der Waals surface area contributed by atoms with Crippen LogP contribution in [-0.2, 0) is 9.59 Å². The Bertz CT molecular complexity index is 428. The number of nitrogens with zero attached hydrogens (tertiary/aromatic N) is 1. The number of ketones is 1. The van der Waals surface area contributed by atoms with Crippen LogP contribution < -0.4 is 0 Å². The van der Waals surface area contributed by atoms with Gasteiger partial charge in [-0.25, -0.2) is 0 Å². The van der Waals surface area contributed by atoms with E-state index in [2.05, 4.69) is 4.90 Å². The van der Waals surface area contributed by atoms with Gasteiger partial charge in [-0.2, -0.15) is 0 Å². The molecule has 0 aromatic carbocycles. The van der Waals surface area contributed by atoms with Gasteiger partial charge in [0.15, 0.2) is 0 Å². The van der Waals surface area contributed by atoms with Crippen molar-refractivity contribution in [1.82, 2.24) is 4.90 Å². The van der Waals surface area contributed by atoms with Gasteiger partial charge < -0.3 is 4.90 Å². The fraction of sp³-hybridized carbons (Fsp3) is 0.905. The smallest absolute Gasteiger partial charge is 0.222 e. The number of piperidine rings is 1. The van der Waals surface area contributed by atoms with E-state index in [-0.39, 0.29) is 0 Å². The number of rotatable bonds is 6. The molecule has 2 atom stereocenters. The number of likely N-dealkylation sites (tertiary alicyclic amines) is 1. The van der Waals surface area contributed by atoms with Crippen LogP contribution in [0.3, 0.4) is 0 Å². The van der Waals surface area contributed by atoms with Gasteiger partial charge in [0.2, 0.25) is 5.91 Å². The van der Waals surface area contributed by atoms with E-state index in [0.29, 0.717) is 30.4 Å². The maximum Gasteiger partial charge on any atom is 0.222 e. The van der Waals surface area contributed by atoms with Crippen molar-refractivity contribution in [1.29, 1.82) is 0 Å². The summed E-state index contributed by atoms with van der Waals surface area (Å²) in [5, 5.41) is 0. The van der Waals surface area contributed by atoms with Crippen LogP contribution in [0.15, 0.2) is 0 Å². The highest BCUT2D eigenvalue weighted by Gasteiger charge is 2.32. The van der Waals surface area contributed by atoms with Crippen LogP contribution in [0, 0.1) is 17.8 Å². The Morgan fingerprint density at radius 1 is 0.792 bits per heavy atom. The van der Waals surface area contributed by atoms with Crippen molar-refractivity contribution in [2.45, 2.75) is 89.9 Å². The number of hydrogen-bond acceptors (Lipinski definition) is 2. The fourth-order valence-electron chi connectivity index (χ4n) is 5.24. The molecule has 2 saturated carbocycles. The molecule has 1 saturated heterocycles. The summed E-state index contributed by atoms with van der Waals surface area (Å²) in [4.78, 5) is 26.7. The normalized spacial score (nSPS) is 28.4. The summed E-state index contributed by atoms with van der Waals surface area (Å²) in [5.74, 6) is 2.95. The fourth-order valence-corrected chi connectivity index (χ4v) is 5.24. The molecule has 0 bridgehead atoms. The lowest BCUT2D eigenvalue weighted by molar-refractivity contribution is -0.134. The second-order valence-corrected chi connectivity index (χ2v) is 8.53. The third-order valence-corrected chi connectivity index (χ3v) is 6.73. The number of amides is 1. The van der Waals surface area contributed by atoms with Gasteiger partial charge in [0.1, 0.15) is 5.78 Å². The van der Waals surface area contributed by atoms with E-state index < -0.39 is 0 Å². The van der Waals surface area contributed by atoms with Gasteiger partial charge in [-0.05, 0) is 37.0 Å². The summed E-state index contributed by atoms with van der Waals surface area (Å²) < 4.78 is 0. The average molecular weight is 334 g/mol. The maximum atomic E-state index is 12.5. The van der Waals surface area contributed by atoms with E-state index in [9.17, 15) is 9.59 Å². The minimum Gasteiger partial charge on any atom is -0.342 e. The van der Waals surface area contributed by atoms with Crippen molar-refractivity contribution < 1.29 is 9.59 Å². The first-order chi connectivity index (χ1) is 11.7. The second-order valence-electron chi connectivity index (χ2n) is 8.53. The molecule has 1 amide bonds. The molecule has 3 rings (SSSR count). The third kappa shape index (κ3) is 5.07. The molecule has 1 heterocycles. The van der Waals surface area contributed by atoms with Crippen LogP contribution in [0.4, 0.5) is 0 Å². The number of hydrogen-bond donors (Lipinski definition) is 0. The van der Waals surface area contributed by atoms with E-state index in [1.54, 1.807) is 0 Å². The lowest BCUT2D eigenvalue weighted by Gasteiger charge is -2.41. The Hall–Kier alpha value is -0.860. The summed E-state index contributed by atoms with van der Waals surface area (Å²) in [6.07, 6.45) is 15.8. The van der Waals surface area contributed by atoms with Gasteiger partial charge >= 0.3 is 0 Å². The molecule has 2 aliphatic carbocycles. The average Bonchev–Trinajstić information content (AvgIpc) is 2.62. The van der Waals surface area contributed by atoms with Gasteiger partial charge in [-0.3, -0.25) is 9.59 Å². The number of carbonyl (C=O) groups excluding carboxylic acids is 2. The monoisotopic (exact) mass is 333 g/mol. The molecule has 0 aromatic rings. The van der Waals surface area contributed by atoms with Crippen molar-refractivity contribution in [3.63, 3.8) is 0 Å². The molecule has 3 fully saturated rings. The first-order valence-electron chi connectivity index (χ1n) is 10.5. The van der Waals surface area contributed by atoms with Crippen LogP contribution in [0.2, 0.25) is 0 Å². The Labute approximate surface area is 147 Å². The van der Waals surface area contributed by atoms with Crippen LogP contribution in [0.5, 0.6) is 0 Å². The van der Waals surface area contributed by atoms with E-state index >= 15 is 0 Å². The van der Waals surface area contributed by atoms with E-state index in [0.717, 1.165) is 37.8 Å². The molecule has 3 heteroatoms. The highest BCUT2D eigenvalue weighted by atomic mass is 16.2. The van der Waals surface area contributed by atoms with E-state index in [1.165, 1.54) is 64.2 Å². The largest absolute Gasteiger partial charge is 0.342 e. The summed E-state index contributed by atoms with van der Waals surface area (Å²) in [6, 6.07) is 0. The summed E-state index contributed by atoms with van der Waals surface area (Å²) in [5.41, 5.74) is 0. The maximum absolute atomic E-state index is 12.5. The zero-order valence-electron chi connectivity index (χ0n) is 15.3. The van der Waals surface area contributed by atoms with Gasteiger partial charge in [0.05, 0.1) is 0 Å². The van der Waals surface area contributed by atoms with Crippen LogP contribution >= 0.6 is 0 Å². The first kappa shape index (κ1) is 17.9. The van der Waals surface area contributed by atoms with E-state index in [1.807, 2.05) is 0 Å². The van der Waals surface area contributed by atoms with Crippen molar-refractivity contribution >= 4 is 11.7 Å². The third-order valence-electron chi connectivity index (χ3n) is 6.73. The predicted octanol–water partition coefficient (Wildman–Crippen LogP) is 4.73. The minimum absolute atomic E-state index is 0.296. The molecular formula is C21H35NO2. The molecule has 3 nitrogen and oxygen atoms in total. The van der Waals surface area contributed by atoms with Gasteiger partial charge in [-0.1, -0.05) is 51.4 Å². The summed E-state index contributed by atoms with van der Waals surface area (Å²) in [6.45, 7) is 1.94. The molecule has 0 aromatic heterocycles. The standard InChI is InChI=1S/C21H35NO2/c23-20(15-17-7-2-1-3-8-17)11-6-12-21(24)22-14-13-18-9-4-5-10-19(18)16-22/h17-19H,1-16H2. The lowest BCUT2D eigenvalue weighted by atomic mass is 9.75.